The van der Waals surface area contributed by atoms with Gasteiger partial charge < -0.3 is 10.1 Å². The first-order chi connectivity index (χ1) is 9.70. The van der Waals surface area contributed by atoms with Gasteiger partial charge in [-0.1, -0.05) is 22.9 Å². The zero-order valence-electron chi connectivity index (χ0n) is 12.3. The molecule has 112 valence electrons. The lowest BCUT2D eigenvalue weighted by molar-refractivity contribution is 0.1000. The molecule has 0 radical (unpaired) electrons. The van der Waals surface area contributed by atoms with Gasteiger partial charge in [-0.05, 0) is 56.5 Å². The van der Waals surface area contributed by atoms with Crippen LogP contribution >= 0.6 is 27.7 Å². The normalized spacial score (nSPS) is 18.1. The first-order valence-corrected chi connectivity index (χ1v) is 9.15. The number of nitrogens with one attached hydrogen (secondary N) is 1. The van der Waals surface area contributed by atoms with Crippen molar-refractivity contribution in [2.75, 3.05) is 19.8 Å². The summed E-state index contributed by atoms with van der Waals surface area (Å²) in [6.07, 6.45) is 3.49. The first kappa shape index (κ1) is 16.3. The summed E-state index contributed by atoms with van der Waals surface area (Å²) in [5.41, 5.74) is 1.41. The molecule has 1 N–H and O–H groups in total. The van der Waals surface area contributed by atoms with Crippen LogP contribution < -0.4 is 5.32 Å². The second-order valence-electron chi connectivity index (χ2n) is 5.29. The number of hydrogen-bond acceptors (Lipinski definition) is 3. The number of hydrogen-bond donors (Lipinski definition) is 1. The standard InChI is InChI=1S/C16H24BrNOS/c1-3-8-18-12(2)15-11-13(17)4-5-16(15)20-14-6-9-19-10-7-14/h4-5,11-12,14,18H,3,6-10H2,1-2H3. The van der Waals surface area contributed by atoms with E-state index in [1.807, 2.05) is 11.8 Å². The Balaban J connectivity index is 2.09. The van der Waals surface area contributed by atoms with Crippen LogP contribution in [0, 0.1) is 0 Å². The zero-order chi connectivity index (χ0) is 14.4. The third-order valence-electron chi connectivity index (χ3n) is 3.60. The summed E-state index contributed by atoms with van der Waals surface area (Å²) in [5, 5.41) is 4.29. The minimum Gasteiger partial charge on any atom is -0.381 e. The van der Waals surface area contributed by atoms with Crippen LogP contribution in [0.5, 0.6) is 0 Å². The molecule has 0 aromatic heterocycles. The van der Waals surface area contributed by atoms with Crippen molar-refractivity contribution in [2.45, 2.75) is 49.3 Å². The first-order valence-electron chi connectivity index (χ1n) is 7.48. The van der Waals surface area contributed by atoms with Crippen LogP contribution in [0.15, 0.2) is 27.6 Å². The molecule has 1 aromatic rings. The third-order valence-corrected chi connectivity index (χ3v) is 5.52. The van der Waals surface area contributed by atoms with Crippen molar-refractivity contribution in [3.8, 4) is 0 Å². The Morgan fingerprint density at radius 2 is 2.15 bits per heavy atom. The van der Waals surface area contributed by atoms with Gasteiger partial charge in [-0.3, -0.25) is 0 Å². The maximum absolute atomic E-state index is 5.45. The van der Waals surface area contributed by atoms with E-state index in [2.05, 4.69) is 53.3 Å². The SMILES string of the molecule is CCCNC(C)c1cc(Br)ccc1SC1CCOCC1. The maximum atomic E-state index is 5.45. The van der Waals surface area contributed by atoms with E-state index in [-0.39, 0.29) is 0 Å². The summed E-state index contributed by atoms with van der Waals surface area (Å²) in [5.74, 6) is 0. The van der Waals surface area contributed by atoms with Gasteiger partial charge >= 0.3 is 0 Å². The molecular formula is C16H24BrNOS. The maximum Gasteiger partial charge on any atom is 0.0476 e. The predicted octanol–water partition coefficient (Wildman–Crippen LogP) is 4.78. The number of halogens is 1. The monoisotopic (exact) mass is 357 g/mol. The molecule has 4 heteroatoms. The smallest absolute Gasteiger partial charge is 0.0476 e. The lowest BCUT2D eigenvalue weighted by atomic mass is 10.1. The Hall–Kier alpha value is -0.0300. The molecule has 2 rings (SSSR count). The molecule has 2 nitrogen and oxygen atoms in total. The minimum absolute atomic E-state index is 0.398. The molecule has 1 aliphatic rings. The second-order valence-corrected chi connectivity index (χ2v) is 7.55. The molecule has 1 aliphatic heterocycles. The fourth-order valence-electron chi connectivity index (χ4n) is 2.41. The number of thioether (sulfide) groups is 1. The minimum atomic E-state index is 0.398. The molecule has 0 bridgehead atoms. The van der Waals surface area contributed by atoms with Crippen LogP contribution in [0.3, 0.4) is 0 Å². The molecule has 1 saturated heterocycles. The molecule has 0 amide bonds. The van der Waals surface area contributed by atoms with E-state index in [0.29, 0.717) is 11.3 Å². The second kappa shape index (κ2) is 8.42. The lowest BCUT2D eigenvalue weighted by Gasteiger charge is -2.24. The van der Waals surface area contributed by atoms with E-state index >= 15 is 0 Å². The summed E-state index contributed by atoms with van der Waals surface area (Å²) >= 11 is 5.62. The highest BCUT2D eigenvalue weighted by Gasteiger charge is 2.18. The van der Waals surface area contributed by atoms with Gasteiger partial charge in [0.1, 0.15) is 0 Å². The molecule has 1 atom stereocenters. The van der Waals surface area contributed by atoms with E-state index in [0.717, 1.165) is 37.1 Å². The van der Waals surface area contributed by atoms with Crippen LogP contribution in [0.2, 0.25) is 0 Å². The van der Waals surface area contributed by atoms with Gasteiger partial charge in [0.05, 0.1) is 0 Å². The van der Waals surface area contributed by atoms with Gasteiger partial charge in [-0.25, -0.2) is 0 Å². The fraction of sp³-hybridized carbons (Fsp3) is 0.625. The zero-order valence-corrected chi connectivity index (χ0v) is 14.7. The van der Waals surface area contributed by atoms with E-state index in [4.69, 9.17) is 4.74 Å². The highest BCUT2D eigenvalue weighted by molar-refractivity contribution is 9.10. The molecular weight excluding hydrogens is 334 g/mol. The molecule has 1 fully saturated rings. The fourth-order valence-corrected chi connectivity index (χ4v) is 4.09. The quantitative estimate of drug-likeness (QED) is 0.791. The van der Waals surface area contributed by atoms with Crippen molar-refractivity contribution in [2.24, 2.45) is 0 Å². The highest BCUT2D eigenvalue weighted by Crippen LogP contribution is 2.35. The molecule has 1 aromatic carbocycles. The summed E-state index contributed by atoms with van der Waals surface area (Å²) in [6.45, 7) is 7.35. The van der Waals surface area contributed by atoms with Crippen LogP contribution in [-0.4, -0.2) is 25.0 Å². The number of rotatable bonds is 6. The van der Waals surface area contributed by atoms with Crippen molar-refractivity contribution in [3.05, 3.63) is 28.2 Å². The van der Waals surface area contributed by atoms with Gasteiger partial charge in [0.25, 0.3) is 0 Å². The average molecular weight is 358 g/mol. The van der Waals surface area contributed by atoms with E-state index in [1.54, 1.807) is 0 Å². The van der Waals surface area contributed by atoms with Crippen molar-refractivity contribution in [1.82, 2.24) is 5.32 Å². The van der Waals surface area contributed by atoms with Crippen LogP contribution in [0.1, 0.15) is 44.7 Å². The van der Waals surface area contributed by atoms with Crippen molar-refractivity contribution in [1.29, 1.82) is 0 Å². The van der Waals surface area contributed by atoms with Crippen molar-refractivity contribution in [3.63, 3.8) is 0 Å². The van der Waals surface area contributed by atoms with Crippen molar-refractivity contribution >= 4 is 27.7 Å². The highest BCUT2D eigenvalue weighted by atomic mass is 79.9. The Bertz CT molecular complexity index is 421. The summed E-state index contributed by atoms with van der Waals surface area (Å²) in [7, 11) is 0. The molecule has 1 heterocycles. The number of ether oxygens (including phenoxy) is 1. The predicted molar refractivity (Wildman–Crippen MR) is 90.5 cm³/mol. The van der Waals surface area contributed by atoms with Gasteiger partial charge in [-0.2, -0.15) is 0 Å². The Morgan fingerprint density at radius 1 is 1.40 bits per heavy atom. The third kappa shape index (κ3) is 4.76. The Morgan fingerprint density at radius 3 is 2.85 bits per heavy atom. The van der Waals surface area contributed by atoms with E-state index < -0.39 is 0 Å². The van der Waals surface area contributed by atoms with Gasteiger partial charge in [0.15, 0.2) is 0 Å². The topological polar surface area (TPSA) is 21.3 Å². The van der Waals surface area contributed by atoms with E-state index in [1.165, 1.54) is 16.9 Å². The molecule has 0 spiro atoms. The van der Waals surface area contributed by atoms with Crippen LogP contribution in [0.25, 0.3) is 0 Å². The average Bonchev–Trinajstić information content (AvgIpc) is 2.47. The molecule has 1 unspecified atom stereocenters. The van der Waals surface area contributed by atoms with E-state index in [9.17, 15) is 0 Å². The van der Waals surface area contributed by atoms with Gasteiger partial charge in [0.2, 0.25) is 0 Å². The van der Waals surface area contributed by atoms with Crippen molar-refractivity contribution < 1.29 is 4.74 Å². The van der Waals surface area contributed by atoms with Gasteiger partial charge in [-0.15, -0.1) is 11.8 Å². The molecule has 20 heavy (non-hydrogen) atoms. The summed E-state index contributed by atoms with van der Waals surface area (Å²) in [4.78, 5) is 1.41. The van der Waals surface area contributed by atoms with Gasteiger partial charge in [0, 0.05) is 33.9 Å². The lowest BCUT2D eigenvalue weighted by Crippen LogP contribution is -2.21. The summed E-state index contributed by atoms with van der Waals surface area (Å²) in [6, 6.07) is 7.06. The Kier molecular flexibility index (Phi) is 6.88. The van der Waals surface area contributed by atoms with Crippen LogP contribution in [0.4, 0.5) is 0 Å². The molecule has 0 aliphatic carbocycles. The largest absolute Gasteiger partial charge is 0.381 e. The molecule has 0 saturated carbocycles. The summed E-state index contributed by atoms with van der Waals surface area (Å²) < 4.78 is 6.62. The van der Waals surface area contributed by atoms with Crippen LogP contribution in [-0.2, 0) is 4.74 Å². The number of benzene rings is 1. The Labute approximate surface area is 135 Å².